The average Bonchev–Trinajstić information content (AvgIpc) is 3.20. The molecule has 0 aromatic heterocycles. The fraction of sp³-hybridized carbons (Fsp3) is 0.222. The zero-order valence-corrected chi connectivity index (χ0v) is 14.1. The maximum atomic E-state index is 12.9. The zero-order valence-electron chi connectivity index (χ0n) is 13.3. The van der Waals surface area contributed by atoms with Crippen molar-refractivity contribution >= 4 is 21.6 Å². The van der Waals surface area contributed by atoms with Gasteiger partial charge < -0.3 is 5.32 Å². The number of nitrogens with one attached hydrogen (secondary N) is 1. The minimum absolute atomic E-state index is 0.0790. The van der Waals surface area contributed by atoms with Crippen molar-refractivity contribution in [3.63, 3.8) is 0 Å². The van der Waals surface area contributed by atoms with Gasteiger partial charge in [0, 0.05) is 18.8 Å². The molecule has 0 radical (unpaired) electrons. The highest BCUT2D eigenvalue weighted by Crippen LogP contribution is 2.45. The Morgan fingerprint density at radius 1 is 1.16 bits per heavy atom. The van der Waals surface area contributed by atoms with Crippen LogP contribution in [-0.2, 0) is 20.2 Å². The van der Waals surface area contributed by atoms with E-state index in [0.717, 1.165) is 11.3 Å². The Morgan fingerprint density at radius 3 is 2.76 bits per heavy atom. The van der Waals surface area contributed by atoms with Crippen molar-refractivity contribution in [3.05, 3.63) is 59.7 Å². The molecule has 1 atom stereocenters. The summed E-state index contributed by atoms with van der Waals surface area (Å²) >= 11 is 0. The Morgan fingerprint density at radius 2 is 1.96 bits per heavy atom. The highest BCUT2D eigenvalue weighted by atomic mass is 32.2. The van der Waals surface area contributed by atoms with Crippen LogP contribution in [0.2, 0.25) is 0 Å². The molecule has 4 rings (SSSR count). The van der Waals surface area contributed by atoms with E-state index in [9.17, 15) is 13.2 Å². The Labute approximate surface area is 145 Å². The minimum Gasteiger partial charge on any atom is -0.325 e. The number of amides is 1. The van der Waals surface area contributed by atoms with E-state index in [4.69, 9.17) is 5.26 Å². The molecule has 0 bridgehead atoms. The Kier molecular flexibility index (Phi) is 3.42. The highest BCUT2D eigenvalue weighted by Gasteiger charge is 2.53. The summed E-state index contributed by atoms with van der Waals surface area (Å²) in [6, 6.07) is 15.3. The van der Waals surface area contributed by atoms with E-state index in [2.05, 4.69) is 5.32 Å². The summed E-state index contributed by atoms with van der Waals surface area (Å²) in [6.07, 6.45) is 0.438. The lowest BCUT2D eigenvalue weighted by molar-refractivity contribution is -0.120. The van der Waals surface area contributed by atoms with Crippen LogP contribution in [0.4, 0.5) is 5.69 Å². The summed E-state index contributed by atoms with van der Waals surface area (Å²) in [4.78, 5) is 12.7. The molecule has 0 saturated carbocycles. The number of hydrogen-bond acceptors (Lipinski definition) is 4. The summed E-state index contributed by atoms with van der Waals surface area (Å²) in [7, 11) is -3.76. The van der Waals surface area contributed by atoms with Gasteiger partial charge in [-0.15, -0.1) is 0 Å². The number of sulfonamides is 1. The smallest absolute Gasteiger partial charge is 0.243 e. The van der Waals surface area contributed by atoms with Crippen molar-refractivity contribution in [1.82, 2.24) is 4.31 Å². The van der Waals surface area contributed by atoms with E-state index in [0.29, 0.717) is 12.0 Å². The molecule has 6 nitrogen and oxygen atoms in total. The van der Waals surface area contributed by atoms with Crippen LogP contribution < -0.4 is 5.32 Å². The van der Waals surface area contributed by atoms with Gasteiger partial charge >= 0.3 is 0 Å². The molecule has 2 aromatic rings. The molecule has 126 valence electrons. The van der Waals surface area contributed by atoms with Crippen molar-refractivity contribution in [2.45, 2.75) is 16.7 Å². The Bertz CT molecular complexity index is 1030. The normalized spacial score (nSPS) is 22.6. The van der Waals surface area contributed by atoms with Crippen molar-refractivity contribution in [2.75, 3.05) is 18.4 Å². The molecular formula is C18H15N3O3S. The molecule has 0 aliphatic carbocycles. The van der Waals surface area contributed by atoms with Gasteiger partial charge in [-0.25, -0.2) is 8.42 Å². The fourth-order valence-corrected chi connectivity index (χ4v) is 5.18. The molecule has 1 fully saturated rings. The predicted octanol–water partition coefficient (Wildman–Crippen LogP) is 1.84. The number of para-hydroxylation sites is 1. The van der Waals surface area contributed by atoms with E-state index in [-0.39, 0.29) is 23.9 Å². The number of hydrogen-bond donors (Lipinski definition) is 1. The summed E-state index contributed by atoms with van der Waals surface area (Å²) < 4.78 is 27.2. The summed E-state index contributed by atoms with van der Waals surface area (Å²) in [6.45, 7) is 0.371. The number of carbonyl (C=O) groups excluding carboxylic acids is 1. The number of nitriles is 1. The molecule has 1 amide bonds. The lowest BCUT2D eigenvalue weighted by atomic mass is 9.81. The van der Waals surface area contributed by atoms with Gasteiger partial charge in [-0.05, 0) is 36.2 Å². The van der Waals surface area contributed by atoms with Crippen LogP contribution in [0.1, 0.15) is 17.5 Å². The first-order valence-corrected chi connectivity index (χ1v) is 9.33. The predicted molar refractivity (Wildman–Crippen MR) is 91.3 cm³/mol. The molecular weight excluding hydrogens is 338 g/mol. The number of rotatable bonds is 2. The number of fused-ring (bicyclic) bond motifs is 2. The number of nitrogens with zero attached hydrogens (tertiary/aromatic N) is 2. The minimum atomic E-state index is -3.76. The Balaban J connectivity index is 1.71. The van der Waals surface area contributed by atoms with Gasteiger partial charge in [-0.2, -0.15) is 9.57 Å². The first kappa shape index (κ1) is 15.8. The van der Waals surface area contributed by atoms with Crippen LogP contribution >= 0.6 is 0 Å². The Hall–Kier alpha value is -2.69. The van der Waals surface area contributed by atoms with Crippen LogP contribution in [0, 0.1) is 11.3 Å². The summed E-state index contributed by atoms with van der Waals surface area (Å²) in [5.74, 6) is -0.155. The van der Waals surface area contributed by atoms with Crippen molar-refractivity contribution in [3.8, 4) is 6.07 Å². The monoisotopic (exact) mass is 353 g/mol. The molecule has 1 spiro atoms. The van der Waals surface area contributed by atoms with E-state index < -0.39 is 15.4 Å². The number of benzene rings is 2. The average molecular weight is 353 g/mol. The van der Waals surface area contributed by atoms with Gasteiger partial charge in [0.25, 0.3) is 0 Å². The highest BCUT2D eigenvalue weighted by molar-refractivity contribution is 7.89. The topological polar surface area (TPSA) is 90.3 Å². The SMILES string of the molecule is N#Cc1cccc(S(=O)(=O)N2CC[C@]3(C2)C(=O)Nc2ccccc23)c1. The second-order valence-corrected chi connectivity index (χ2v) is 8.25. The summed E-state index contributed by atoms with van der Waals surface area (Å²) in [5, 5.41) is 11.8. The number of anilines is 1. The van der Waals surface area contributed by atoms with E-state index >= 15 is 0 Å². The fourth-order valence-electron chi connectivity index (χ4n) is 3.63. The molecule has 7 heteroatoms. The molecule has 1 saturated heterocycles. The first-order valence-electron chi connectivity index (χ1n) is 7.89. The lowest BCUT2D eigenvalue weighted by Gasteiger charge is -2.22. The van der Waals surface area contributed by atoms with Crippen molar-refractivity contribution in [1.29, 1.82) is 5.26 Å². The quantitative estimate of drug-likeness (QED) is 0.892. The molecule has 2 heterocycles. The number of carbonyl (C=O) groups is 1. The molecule has 0 unspecified atom stereocenters. The van der Waals surface area contributed by atoms with Gasteiger partial charge in [-0.3, -0.25) is 4.79 Å². The van der Waals surface area contributed by atoms with E-state index in [1.807, 2.05) is 30.3 Å². The second-order valence-electron chi connectivity index (χ2n) is 6.31. The third-order valence-corrected chi connectivity index (χ3v) is 6.80. The zero-order chi connectivity index (χ0) is 17.7. The van der Waals surface area contributed by atoms with Gasteiger partial charge in [0.15, 0.2) is 0 Å². The third kappa shape index (κ3) is 2.26. The molecule has 2 aliphatic rings. The van der Waals surface area contributed by atoms with Crippen LogP contribution in [0.5, 0.6) is 0 Å². The van der Waals surface area contributed by atoms with Gasteiger partial charge in [0.1, 0.15) is 0 Å². The van der Waals surface area contributed by atoms with Crippen LogP contribution in [0.3, 0.4) is 0 Å². The van der Waals surface area contributed by atoms with Gasteiger partial charge in [-0.1, -0.05) is 24.3 Å². The third-order valence-electron chi connectivity index (χ3n) is 4.96. The van der Waals surface area contributed by atoms with Crippen LogP contribution in [0.25, 0.3) is 0 Å². The summed E-state index contributed by atoms with van der Waals surface area (Å²) in [5.41, 5.74) is 1.05. The lowest BCUT2D eigenvalue weighted by Crippen LogP contribution is -2.39. The molecule has 25 heavy (non-hydrogen) atoms. The molecule has 2 aliphatic heterocycles. The standard InChI is InChI=1S/C18H15N3O3S/c19-11-13-4-3-5-14(10-13)25(23,24)21-9-8-18(12-21)15-6-1-2-7-16(15)20-17(18)22/h1-7,10H,8-9,12H2,(H,20,22)/t18-/m1/s1. The first-order chi connectivity index (χ1) is 12.0. The molecule has 2 aromatic carbocycles. The van der Waals surface area contributed by atoms with E-state index in [1.54, 1.807) is 12.1 Å². The second kappa shape index (κ2) is 5.41. The van der Waals surface area contributed by atoms with Gasteiger partial charge in [0.05, 0.1) is 21.9 Å². The maximum Gasteiger partial charge on any atom is 0.243 e. The van der Waals surface area contributed by atoms with Crippen molar-refractivity contribution < 1.29 is 13.2 Å². The van der Waals surface area contributed by atoms with E-state index in [1.165, 1.54) is 16.4 Å². The molecule has 1 N–H and O–H groups in total. The van der Waals surface area contributed by atoms with Crippen LogP contribution in [-0.4, -0.2) is 31.7 Å². The van der Waals surface area contributed by atoms with Crippen molar-refractivity contribution in [2.24, 2.45) is 0 Å². The van der Waals surface area contributed by atoms with Crippen LogP contribution in [0.15, 0.2) is 53.4 Å². The maximum absolute atomic E-state index is 12.9. The largest absolute Gasteiger partial charge is 0.325 e. The van der Waals surface area contributed by atoms with Gasteiger partial charge in [0.2, 0.25) is 15.9 Å².